The average molecular weight is 334 g/mol. The first-order valence-electron chi connectivity index (χ1n) is 5.90. The van der Waals surface area contributed by atoms with Gasteiger partial charge in [-0.2, -0.15) is 5.10 Å². The molecule has 0 unspecified atom stereocenters. The van der Waals surface area contributed by atoms with Gasteiger partial charge >= 0.3 is 0 Å². The number of aromatic nitrogens is 2. The van der Waals surface area contributed by atoms with Crippen LogP contribution in [0.25, 0.3) is 0 Å². The van der Waals surface area contributed by atoms with Gasteiger partial charge in [0.15, 0.2) is 0 Å². The lowest BCUT2D eigenvalue weighted by Crippen LogP contribution is -2.25. The number of benzene rings is 1. The molecule has 1 aromatic heterocycles. The summed E-state index contributed by atoms with van der Waals surface area (Å²) in [6.45, 7) is 0.956. The number of hydrogen-bond donors (Lipinski definition) is 1. The lowest BCUT2D eigenvalue weighted by molar-refractivity contribution is 0.553. The number of halogens is 2. The second-order valence-corrected chi connectivity index (χ2v) is 6.77. The highest BCUT2D eigenvalue weighted by atomic mass is 35.5. The maximum absolute atomic E-state index is 12.0. The number of nitrogens with zero attached hydrogens (tertiary/aromatic N) is 2. The summed E-state index contributed by atoms with van der Waals surface area (Å²) in [5.41, 5.74) is 0. The Labute approximate surface area is 127 Å². The summed E-state index contributed by atoms with van der Waals surface area (Å²) in [7, 11) is -3.59. The van der Waals surface area contributed by atoms with Crippen LogP contribution in [0.2, 0.25) is 10.0 Å². The van der Waals surface area contributed by atoms with Crippen molar-refractivity contribution in [2.45, 2.75) is 17.9 Å². The smallest absolute Gasteiger partial charge is 0.240 e. The molecule has 2 rings (SSSR count). The number of nitrogens with one attached hydrogen (secondary N) is 1. The SMILES string of the molecule is O=S(=O)(NCCCn1cccn1)c1cc(Cl)cc(Cl)c1. The maximum atomic E-state index is 12.0. The molecule has 0 aliphatic carbocycles. The Balaban J connectivity index is 1.93. The van der Waals surface area contributed by atoms with Crippen LogP contribution in [0.4, 0.5) is 0 Å². The zero-order chi connectivity index (χ0) is 14.6. The van der Waals surface area contributed by atoms with Crippen LogP contribution in [-0.2, 0) is 16.6 Å². The summed E-state index contributed by atoms with van der Waals surface area (Å²) in [5, 5.41) is 4.61. The largest absolute Gasteiger partial charge is 0.273 e. The highest BCUT2D eigenvalue weighted by molar-refractivity contribution is 7.89. The lowest BCUT2D eigenvalue weighted by Gasteiger charge is -2.08. The van der Waals surface area contributed by atoms with E-state index in [-0.39, 0.29) is 14.9 Å². The van der Waals surface area contributed by atoms with Crippen LogP contribution in [0.1, 0.15) is 6.42 Å². The van der Waals surface area contributed by atoms with E-state index in [1.54, 1.807) is 10.9 Å². The first kappa shape index (κ1) is 15.3. The van der Waals surface area contributed by atoms with Gasteiger partial charge in [-0.15, -0.1) is 0 Å². The van der Waals surface area contributed by atoms with E-state index in [0.29, 0.717) is 19.5 Å². The first-order chi connectivity index (χ1) is 9.47. The van der Waals surface area contributed by atoms with E-state index in [4.69, 9.17) is 23.2 Å². The lowest BCUT2D eigenvalue weighted by atomic mass is 10.4. The van der Waals surface area contributed by atoms with Gasteiger partial charge in [0.05, 0.1) is 4.90 Å². The molecule has 0 saturated carbocycles. The standard InChI is InChI=1S/C12H13Cl2N3O2S/c13-10-7-11(14)9-12(8-10)20(18,19)16-4-2-6-17-5-1-3-15-17/h1,3,5,7-9,16H,2,4,6H2. The zero-order valence-electron chi connectivity index (χ0n) is 10.5. The van der Waals surface area contributed by atoms with Crippen LogP contribution in [0, 0.1) is 0 Å². The molecule has 8 heteroatoms. The van der Waals surface area contributed by atoms with Gasteiger partial charge in [-0.05, 0) is 30.7 Å². The zero-order valence-corrected chi connectivity index (χ0v) is 12.8. The molecule has 1 aromatic carbocycles. The van der Waals surface area contributed by atoms with Gasteiger partial charge in [-0.25, -0.2) is 13.1 Å². The van der Waals surface area contributed by atoms with Crippen molar-refractivity contribution in [3.63, 3.8) is 0 Å². The van der Waals surface area contributed by atoms with Gasteiger partial charge in [-0.3, -0.25) is 4.68 Å². The van der Waals surface area contributed by atoms with Crippen LogP contribution in [0.3, 0.4) is 0 Å². The van der Waals surface area contributed by atoms with E-state index >= 15 is 0 Å². The van der Waals surface area contributed by atoms with Crippen LogP contribution in [0.15, 0.2) is 41.6 Å². The minimum Gasteiger partial charge on any atom is -0.273 e. The fourth-order valence-electron chi connectivity index (χ4n) is 1.65. The number of rotatable bonds is 6. The van der Waals surface area contributed by atoms with Crippen molar-refractivity contribution in [3.05, 3.63) is 46.7 Å². The van der Waals surface area contributed by atoms with E-state index in [9.17, 15) is 8.42 Å². The van der Waals surface area contributed by atoms with E-state index < -0.39 is 10.0 Å². The molecule has 0 amide bonds. The summed E-state index contributed by atoms with van der Waals surface area (Å²) in [6, 6.07) is 6.03. The fraction of sp³-hybridized carbons (Fsp3) is 0.250. The predicted molar refractivity (Wildman–Crippen MR) is 78.5 cm³/mol. The maximum Gasteiger partial charge on any atom is 0.240 e. The third-order valence-electron chi connectivity index (χ3n) is 2.56. The molecule has 1 N–H and O–H groups in total. The van der Waals surface area contributed by atoms with E-state index in [1.165, 1.54) is 18.2 Å². The molecule has 2 aromatic rings. The fourth-order valence-corrected chi connectivity index (χ4v) is 3.45. The molecule has 0 bridgehead atoms. The quantitative estimate of drug-likeness (QED) is 0.826. The Kier molecular flexibility index (Phi) is 5.04. The van der Waals surface area contributed by atoms with E-state index in [0.717, 1.165) is 0 Å². The van der Waals surface area contributed by atoms with Crippen molar-refractivity contribution in [3.8, 4) is 0 Å². The molecule has 108 valence electrons. The monoisotopic (exact) mass is 333 g/mol. The molecule has 20 heavy (non-hydrogen) atoms. The average Bonchev–Trinajstić information content (AvgIpc) is 2.86. The third kappa shape index (κ3) is 4.21. The van der Waals surface area contributed by atoms with Crippen molar-refractivity contribution in [2.75, 3.05) is 6.54 Å². The Hall–Kier alpha value is -1.08. The first-order valence-corrected chi connectivity index (χ1v) is 8.14. The molecule has 0 aliphatic heterocycles. The minimum absolute atomic E-state index is 0.0640. The molecule has 5 nitrogen and oxygen atoms in total. The topological polar surface area (TPSA) is 64.0 Å². The van der Waals surface area contributed by atoms with Gasteiger partial charge in [0.25, 0.3) is 0 Å². The second-order valence-electron chi connectivity index (χ2n) is 4.13. The van der Waals surface area contributed by atoms with E-state index in [2.05, 4.69) is 9.82 Å². The summed E-state index contributed by atoms with van der Waals surface area (Å²) in [6.07, 6.45) is 4.14. The second kappa shape index (κ2) is 6.58. The van der Waals surface area contributed by atoms with Crippen molar-refractivity contribution < 1.29 is 8.42 Å². The Bertz CT molecular complexity index is 652. The predicted octanol–water partition coefficient (Wildman–Crippen LogP) is 2.56. The highest BCUT2D eigenvalue weighted by Crippen LogP contribution is 2.22. The molecule has 0 saturated heterocycles. The molecule has 0 aliphatic rings. The van der Waals surface area contributed by atoms with Crippen molar-refractivity contribution in [2.24, 2.45) is 0 Å². The van der Waals surface area contributed by atoms with Gasteiger partial charge < -0.3 is 0 Å². The van der Waals surface area contributed by atoms with Crippen LogP contribution < -0.4 is 4.72 Å². The third-order valence-corrected chi connectivity index (χ3v) is 4.44. The highest BCUT2D eigenvalue weighted by Gasteiger charge is 2.14. The normalized spacial score (nSPS) is 11.7. The molecular weight excluding hydrogens is 321 g/mol. The number of sulfonamides is 1. The minimum atomic E-state index is -3.59. The molecule has 0 atom stereocenters. The summed E-state index contributed by atoms with van der Waals surface area (Å²) >= 11 is 11.6. The summed E-state index contributed by atoms with van der Waals surface area (Å²) in [4.78, 5) is 0.0640. The Morgan fingerprint density at radius 1 is 1.20 bits per heavy atom. The Morgan fingerprint density at radius 2 is 1.90 bits per heavy atom. The van der Waals surface area contributed by atoms with Gasteiger partial charge in [0, 0.05) is 35.5 Å². The Morgan fingerprint density at radius 3 is 2.50 bits per heavy atom. The van der Waals surface area contributed by atoms with Crippen molar-refractivity contribution in [1.29, 1.82) is 0 Å². The van der Waals surface area contributed by atoms with Gasteiger partial charge in [0.2, 0.25) is 10.0 Å². The van der Waals surface area contributed by atoms with Crippen molar-refractivity contribution in [1.82, 2.24) is 14.5 Å². The van der Waals surface area contributed by atoms with Crippen LogP contribution in [0.5, 0.6) is 0 Å². The number of aryl methyl sites for hydroxylation is 1. The molecular formula is C12H13Cl2N3O2S. The number of hydrogen-bond acceptors (Lipinski definition) is 3. The molecule has 0 radical (unpaired) electrons. The van der Waals surface area contributed by atoms with E-state index in [1.807, 2.05) is 12.3 Å². The molecule has 1 heterocycles. The van der Waals surface area contributed by atoms with Crippen LogP contribution in [-0.4, -0.2) is 24.7 Å². The van der Waals surface area contributed by atoms with Crippen LogP contribution >= 0.6 is 23.2 Å². The van der Waals surface area contributed by atoms with Gasteiger partial charge in [-0.1, -0.05) is 23.2 Å². The summed E-state index contributed by atoms with van der Waals surface area (Å²) in [5.74, 6) is 0. The van der Waals surface area contributed by atoms with Gasteiger partial charge in [0.1, 0.15) is 0 Å². The summed E-state index contributed by atoms with van der Waals surface area (Å²) < 4.78 is 28.3. The van der Waals surface area contributed by atoms with Crippen molar-refractivity contribution >= 4 is 33.2 Å². The molecule has 0 fully saturated rings. The molecule has 0 spiro atoms.